The van der Waals surface area contributed by atoms with Crippen molar-refractivity contribution >= 4 is 15.9 Å². The van der Waals surface area contributed by atoms with E-state index in [1.165, 1.54) is 5.56 Å². The fraction of sp³-hybridized carbons (Fsp3) is 0.375. The van der Waals surface area contributed by atoms with Crippen LogP contribution in [0.25, 0.3) is 5.69 Å². The highest BCUT2D eigenvalue weighted by atomic mass is 79.9. The normalized spacial score (nSPS) is 11.4. The summed E-state index contributed by atoms with van der Waals surface area (Å²) in [5.74, 6) is 0. The quantitative estimate of drug-likeness (QED) is 0.822. The van der Waals surface area contributed by atoms with Crippen LogP contribution in [0.3, 0.4) is 0 Å². The van der Waals surface area contributed by atoms with Crippen LogP contribution in [0.15, 0.2) is 28.9 Å². The second kappa shape index (κ2) is 5.41. The van der Waals surface area contributed by atoms with Crippen LogP contribution < -0.4 is 0 Å². The monoisotopic (exact) mass is 331 g/mol. The third kappa shape index (κ3) is 2.78. The van der Waals surface area contributed by atoms with Gasteiger partial charge in [-0.25, -0.2) is 4.68 Å². The van der Waals surface area contributed by atoms with Gasteiger partial charge in [-0.2, -0.15) is 10.4 Å². The second-order valence-corrected chi connectivity index (χ2v) is 6.65. The number of hydrogen-bond donors (Lipinski definition) is 0. The van der Waals surface area contributed by atoms with E-state index in [9.17, 15) is 0 Å². The number of nitriles is 1. The Labute approximate surface area is 128 Å². The van der Waals surface area contributed by atoms with Gasteiger partial charge in [-0.3, -0.25) is 0 Å². The van der Waals surface area contributed by atoms with Crippen molar-refractivity contribution in [1.29, 1.82) is 5.26 Å². The number of nitrogens with zero attached hydrogens (tertiary/aromatic N) is 3. The SMILES string of the molecule is Cc1nn(-c2ccc(C(C)(C)C)cc2)c(Br)c1CC#N. The summed E-state index contributed by atoms with van der Waals surface area (Å²) < 4.78 is 2.70. The molecule has 0 aliphatic rings. The lowest BCUT2D eigenvalue weighted by Gasteiger charge is -2.19. The van der Waals surface area contributed by atoms with Crippen molar-refractivity contribution in [2.75, 3.05) is 0 Å². The van der Waals surface area contributed by atoms with Crippen molar-refractivity contribution in [2.45, 2.75) is 39.5 Å². The summed E-state index contributed by atoms with van der Waals surface area (Å²) in [6.07, 6.45) is 0.368. The maximum Gasteiger partial charge on any atom is 0.114 e. The topological polar surface area (TPSA) is 41.6 Å². The van der Waals surface area contributed by atoms with Gasteiger partial charge in [0.05, 0.1) is 23.9 Å². The maximum atomic E-state index is 8.87. The minimum absolute atomic E-state index is 0.141. The highest BCUT2D eigenvalue weighted by Crippen LogP contribution is 2.27. The molecule has 0 saturated heterocycles. The largest absolute Gasteiger partial charge is 0.226 e. The van der Waals surface area contributed by atoms with Crippen LogP contribution in [0.4, 0.5) is 0 Å². The zero-order chi connectivity index (χ0) is 14.9. The summed E-state index contributed by atoms with van der Waals surface area (Å²) in [7, 11) is 0. The molecule has 0 N–H and O–H groups in total. The van der Waals surface area contributed by atoms with E-state index in [4.69, 9.17) is 5.26 Å². The average molecular weight is 332 g/mol. The number of hydrogen-bond acceptors (Lipinski definition) is 2. The van der Waals surface area contributed by atoms with Gasteiger partial charge in [0, 0.05) is 5.56 Å². The van der Waals surface area contributed by atoms with Gasteiger partial charge in [0.2, 0.25) is 0 Å². The van der Waals surface area contributed by atoms with E-state index >= 15 is 0 Å². The van der Waals surface area contributed by atoms with Crippen molar-refractivity contribution in [1.82, 2.24) is 9.78 Å². The van der Waals surface area contributed by atoms with Crippen LogP contribution >= 0.6 is 15.9 Å². The minimum atomic E-state index is 0.141. The standard InChI is InChI=1S/C16H18BrN3/c1-11-14(9-10-18)15(17)20(19-11)13-7-5-12(6-8-13)16(2,3)4/h5-8H,9H2,1-4H3. The Bertz CT molecular complexity index is 655. The lowest BCUT2D eigenvalue weighted by atomic mass is 9.87. The van der Waals surface area contributed by atoms with Crippen LogP contribution in [0.1, 0.15) is 37.6 Å². The third-order valence-electron chi connectivity index (χ3n) is 3.36. The molecular weight excluding hydrogens is 314 g/mol. The molecule has 2 aromatic rings. The lowest BCUT2D eigenvalue weighted by molar-refractivity contribution is 0.590. The molecule has 0 aliphatic heterocycles. The summed E-state index contributed by atoms with van der Waals surface area (Å²) in [5.41, 5.74) is 4.27. The Kier molecular flexibility index (Phi) is 4.01. The van der Waals surface area contributed by atoms with Crippen molar-refractivity contribution in [2.24, 2.45) is 0 Å². The minimum Gasteiger partial charge on any atom is -0.226 e. The Morgan fingerprint density at radius 2 is 1.85 bits per heavy atom. The maximum absolute atomic E-state index is 8.87. The first-order chi connectivity index (χ1) is 9.34. The lowest BCUT2D eigenvalue weighted by Crippen LogP contribution is -2.11. The van der Waals surface area contributed by atoms with Gasteiger partial charge in [0.1, 0.15) is 4.60 Å². The highest BCUT2D eigenvalue weighted by molar-refractivity contribution is 9.10. The molecule has 0 amide bonds. The van der Waals surface area contributed by atoms with Crippen LogP contribution in [0.5, 0.6) is 0 Å². The zero-order valence-corrected chi connectivity index (χ0v) is 13.8. The van der Waals surface area contributed by atoms with Gasteiger partial charge in [0.15, 0.2) is 0 Å². The third-order valence-corrected chi connectivity index (χ3v) is 4.17. The molecule has 0 spiro atoms. The Morgan fingerprint density at radius 3 is 2.35 bits per heavy atom. The molecule has 20 heavy (non-hydrogen) atoms. The van der Waals surface area contributed by atoms with E-state index in [1.54, 1.807) is 0 Å². The Hall–Kier alpha value is -1.60. The summed E-state index contributed by atoms with van der Waals surface area (Å²) >= 11 is 3.55. The first-order valence-corrected chi connectivity index (χ1v) is 7.35. The number of halogens is 1. The van der Waals surface area contributed by atoms with Gasteiger partial charge in [0.25, 0.3) is 0 Å². The molecule has 0 bridgehead atoms. The molecule has 104 valence electrons. The number of aryl methyl sites for hydroxylation is 1. The number of rotatable bonds is 2. The molecule has 0 unspecified atom stereocenters. The molecule has 3 nitrogen and oxygen atoms in total. The first-order valence-electron chi connectivity index (χ1n) is 6.56. The smallest absolute Gasteiger partial charge is 0.114 e. The van der Waals surface area contributed by atoms with Gasteiger partial charge in [-0.05, 0) is 46.0 Å². The molecular formula is C16H18BrN3. The molecule has 0 fully saturated rings. The predicted molar refractivity (Wildman–Crippen MR) is 84.0 cm³/mol. The summed E-state index contributed by atoms with van der Waals surface area (Å²) in [6, 6.07) is 10.6. The molecule has 0 atom stereocenters. The van der Waals surface area contributed by atoms with Gasteiger partial charge < -0.3 is 0 Å². The van der Waals surface area contributed by atoms with Crippen LogP contribution in [0, 0.1) is 18.3 Å². The van der Waals surface area contributed by atoms with E-state index in [-0.39, 0.29) is 5.41 Å². The van der Waals surface area contributed by atoms with E-state index < -0.39 is 0 Å². The molecule has 0 aliphatic carbocycles. The van der Waals surface area contributed by atoms with E-state index in [2.05, 4.69) is 72.1 Å². The van der Waals surface area contributed by atoms with E-state index in [0.29, 0.717) is 6.42 Å². The molecule has 0 saturated carbocycles. The summed E-state index contributed by atoms with van der Waals surface area (Å²) in [5, 5.41) is 13.4. The van der Waals surface area contributed by atoms with E-state index in [1.807, 2.05) is 11.6 Å². The molecule has 0 radical (unpaired) electrons. The van der Waals surface area contributed by atoms with Crippen LogP contribution in [-0.2, 0) is 11.8 Å². The van der Waals surface area contributed by atoms with Crippen LogP contribution in [-0.4, -0.2) is 9.78 Å². The Morgan fingerprint density at radius 1 is 1.25 bits per heavy atom. The van der Waals surface area contributed by atoms with Crippen molar-refractivity contribution in [3.05, 3.63) is 45.7 Å². The first kappa shape index (κ1) is 14.8. The molecule has 1 heterocycles. The fourth-order valence-corrected chi connectivity index (χ4v) is 2.80. The Balaban J connectivity index is 2.43. The van der Waals surface area contributed by atoms with E-state index in [0.717, 1.165) is 21.5 Å². The van der Waals surface area contributed by atoms with Gasteiger partial charge in [-0.1, -0.05) is 32.9 Å². The van der Waals surface area contributed by atoms with Crippen molar-refractivity contribution in [3.8, 4) is 11.8 Å². The fourth-order valence-electron chi connectivity index (χ4n) is 2.08. The summed E-state index contributed by atoms with van der Waals surface area (Å²) in [4.78, 5) is 0. The van der Waals surface area contributed by atoms with Gasteiger partial charge >= 0.3 is 0 Å². The second-order valence-electron chi connectivity index (χ2n) is 5.90. The number of aromatic nitrogens is 2. The van der Waals surface area contributed by atoms with Crippen molar-refractivity contribution < 1.29 is 0 Å². The molecule has 2 rings (SSSR count). The summed E-state index contributed by atoms with van der Waals surface area (Å²) in [6.45, 7) is 8.51. The number of benzene rings is 1. The molecule has 1 aromatic carbocycles. The highest BCUT2D eigenvalue weighted by Gasteiger charge is 2.16. The van der Waals surface area contributed by atoms with Gasteiger partial charge in [-0.15, -0.1) is 0 Å². The predicted octanol–water partition coefficient (Wildman–Crippen LogP) is 4.31. The molecule has 4 heteroatoms. The zero-order valence-electron chi connectivity index (χ0n) is 12.2. The van der Waals surface area contributed by atoms with Crippen LogP contribution in [0.2, 0.25) is 0 Å². The average Bonchev–Trinajstić information content (AvgIpc) is 2.66. The van der Waals surface area contributed by atoms with Crippen molar-refractivity contribution in [3.63, 3.8) is 0 Å². The molecule has 1 aromatic heterocycles.